The molecule has 0 spiro atoms. The first-order chi connectivity index (χ1) is 16.5. The van der Waals surface area contributed by atoms with E-state index in [0.717, 1.165) is 54.8 Å². The zero-order valence-electron chi connectivity index (χ0n) is 20.4. The van der Waals surface area contributed by atoms with Crippen molar-refractivity contribution in [3.05, 3.63) is 58.7 Å². The fraction of sp³-hybridized carbons (Fsp3) is 0.500. The van der Waals surface area contributed by atoms with Crippen LogP contribution >= 0.6 is 0 Å². The van der Waals surface area contributed by atoms with Crippen molar-refractivity contribution in [2.24, 2.45) is 5.92 Å². The SMILES string of the molecule is CCOc1cc2c(cc1OCC)[C@@H]1[C@@H](C(=O)N3CCC(C)CC3)c3ccccc3C(=O)N1CC2. The van der Waals surface area contributed by atoms with Gasteiger partial charge in [0, 0.05) is 25.2 Å². The lowest BCUT2D eigenvalue weighted by Gasteiger charge is -2.47. The lowest BCUT2D eigenvalue weighted by molar-refractivity contribution is -0.136. The molecule has 6 nitrogen and oxygen atoms in total. The molecule has 180 valence electrons. The van der Waals surface area contributed by atoms with Crippen molar-refractivity contribution in [1.82, 2.24) is 9.80 Å². The average molecular weight is 463 g/mol. The van der Waals surface area contributed by atoms with Gasteiger partial charge in [0.2, 0.25) is 5.91 Å². The lowest BCUT2D eigenvalue weighted by atomic mass is 9.75. The van der Waals surface area contributed by atoms with Crippen LogP contribution in [-0.2, 0) is 11.2 Å². The molecule has 1 saturated heterocycles. The molecule has 3 aliphatic rings. The second-order valence-corrected chi connectivity index (χ2v) is 9.63. The van der Waals surface area contributed by atoms with Crippen LogP contribution in [0.15, 0.2) is 36.4 Å². The monoisotopic (exact) mass is 462 g/mol. The largest absolute Gasteiger partial charge is 0.490 e. The summed E-state index contributed by atoms with van der Waals surface area (Å²) in [6, 6.07) is 11.4. The first-order valence-corrected chi connectivity index (χ1v) is 12.6. The van der Waals surface area contributed by atoms with Gasteiger partial charge in [-0.1, -0.05) is 25.1 Å². The summed E-state index contributed by atoms with van der Waals surface area (Å²) in [5.41, 5.74) is 3.63. The average Bonchev–Trinajstić information content (AvgIpc) is 2.85. The summed E-state index contributed by atoms with van der Waals surface area (Å²) in [5.74, 6) is 1.76. The maximum Gasteiger partial charge on any atom is 0.254 e. The van der Waals surface area contributed by atoms with E-state index in [-0.39, 0.29) is 17.9 Å². The van der Waals surface area contributed by atoms with Gasteiger partial charge in [0.15, 0.2) is 11.5 Å². The molecule has 0 radical (unpaired) electrons. The number of hydrogen-bond acceptors (Lipinski definition) is 4. The van der Waals surface area contributed by atoms with E-state index >= 15 is 0 Å². The number of fused-ring (bicyclic) bond motifs is 4. The first kappa shape index (κ1) is 22.8. The van der Waals surface area contributed by atoms with Gasteiger partial charge in [0.1, 0.15) is 0 Å². The number of piperidine rings is 1. The van der Waals surface area contributed by atoms with Crippen LogP contribution in [0.3, 0.4) is 0 Å². The molecule has 5 rings (SSSR count). The summed E-state index contributed by atoms with van der Waals surface area (Å²) in [6.45, 7) is 9.37. The van der Waals surface area contributed by atoms with Crippen LogP contribution in [-0.4, -0.2) is 54.5 Å². The quantitative estimate of drug-likeness (QED) is 0.653. The molecule has 0 aromatic heterocycles. The topological polar surface area (TPSA) is 59.1 Å². The predicted molar refractivity (Wildman–Crippen MR) is 130 cm³/mol. The minimum atomic E-state index is -0.422. The summed E-state index contributed by atoms with van der Waals surface area (Å²) in [6.07, 6.45) is 2.78. The third-order valence-electron chi connectivity index (χ3n) is 7.55. The lowest BCUT2D eigenvalue weighted by Crippen LogP contribution is -2.51. The highest BCUT2D eigenvalue weighted by Gasteiger charge is 2.48. The Morgan fingerprint density at radius 3 is 2.35 bits per heavy atom. The summed E-state index contributed by atoms with van der Waals surface area (Å²) >= 11 is 0. The summed E-state index contributed by atoms with van der Waals surface area (Å²) in [7, 11) is 0. The first-order valence-electron chi connectivity index (χ1n) is 12.6. The van der Waals surface area contributed by atoms with Crippen molar-refractivity contribution in [1.29, 1.82) is 0 Å². The smallest absolute Gasteiger partial charge is 0.254 e. The number of nitrogens with zero attached hydrogens (tertiary/aromatic N) is 2. The number of carbonyl (C=O) groups excluding carboxylic acids is 2. The normalized spacial score (nSPS) is 22.0. The number of rotatable bonds is 5. The van der Waals surface area contributed by atoms with Crippen molar-refractivity contribution in [3.8, 4) is 11.5 Å². The number of hydrogen-bond donors (Lipinski definition) is 0. The van der Waals surface area contributed by atoms with Gasteiger partial charge >= 0.3 is 0 Å². The molecule has 3 heterocycles. The molecule has 0 aliphatic carbocycles. The highest BCUT2D eigenvalue weighted by atomic mass is 16.5. The fourth-order valence-corrected chi connectivity index (χ4v) is 5.76. The van der Waals surface area contributed by atoms with E-state index in [1.54, 1.807) is 0 Å². The molecule has 0 bridgehead atoms. The summed E-state index contributed by atoms with van der Waals surface area (Å²) in [5, 5.41) is 0. The molecule has 2 atom stereocenters. The maximum atomic E-state index is 14.1. The van der Waals surface area contributed by atoms with Crippen LogP contribution in [0.25, 0.3) is 0 Å². The molecule has 34 heavy (non-hydrogen) atoms. The molecular formula is C28H34N2O4. The van der Waals surface area contributed by atoms with Gasteiger partial charge in [0.05, 0.1) is 25.2 Å². The Balaban J connectivity index is 1.63. The van der Waals surface area contributed by atoms with Gasteiger partial charge in [0.25, 0.3) is 5.91 Å². The van der Waals surface area contributed by atoms with E-state index < -0.39 is 5.92 Å². The third-order valence-corrected chi connectivity index (χ3v) is 7.55. The van der Waals surface area contributed by atoms with Gasteiger partial charge in [-0.15, -0.1) is 0 Å². The minimum absolute atomic E-state index is 0.00871. The molecule has 2 aromatic rings. The standard InChI is InChI=1S/C28H34N2O4/c1-4-33-23-16-19-12-15-30-26(22(19)17-24(23)34-5-2)25(20-8-6-7-9-21(20)27(30)31)28(32)29-13-10-18(3)11-14-29/h6-9,16-18,25-26H,4-5,10-15H2,1-3H3/t25-,26+/m0/s1. The molecule has 2 amide bonds. The van der Waals surface area contributed by atoms with E-state index in [1.807, 2.05) is 54.0 Å². The van der Waals surface area contributed by atoms with Crippen molar-refractivity contribution < 1.29 is 19.1 Å². The zero-order valence-corrected chi connectivity index (χ0v) is 20.4. The van der Waals surface area contributed by atoms with Crippen LogP contribution in [0.1, 0.15) is 72.6 Å². The Morgan fingerprint density at radius 2 is 1.65 bits per heavy atom. The van der Waals surface area contributed by atoms with Crippen LogP contribution in [0.4, 0.5) is 0 Å². The summed E-state index contributed by atoms with van der Waals surface area (Å²) < 4.78 is 11.8. The number of ether oxygens (including phenoxy) is 2. The number of amides is 2. The molecule has 1 fully saturated rings. The van der Waals surface area contributed by atoms with E-state index in [4.69, 9.17) is 9.47 Å². The number of benzene rings is 2. The van der Waals surface area contributed by atoms with Gasteiger partial charge in [-0.05, 0) is 73.9 Å². The Hall–Kier alpha value is -3.02. The van der Waals surface area contributed by atoms with Crippen molar-refractivity contribution in [2.45, 2.75) is 52.0 Å². The van der Waals surface area contributed by atoms with E-state index in [9.17, 15) is 9.59 Å². The Kier molecular flexibility index (Phi) is 6.24. The molecule has 0 N–H and O–H groups in total. The van der Waals surface area contributed by atoms with E-state index in [0.29, 0.717) is 37.0 Å². The number of carbonyl (C=O) groups is 2. The minimum Gasteiger partial charge on any atom is -0.490 e. The van der Waals surface area contributed by atoms with E-state index in [2.05, 4.69) is 13.0 Å². The predicted octanol–water partition coefficient (Wildman–Crippen LogP) is 4.58. The van der Waals surface area contributed by atoms with Crippen molar-refractivity contribution in [2.75, 3.05) is 32.8 Å². The fourth-order valence-electron chi connectivity index (χ4n) is 5.76. The van der Waals surface area contributed by atoms with Crippen molar-refractivity contribution in [3.63, 3.8) is 0 Å². The zero-order chi connectivity index (χ0) is 23.8. The molecule has 6 heteroatoms. The van der Waals surface area contributed by atoms with Crippen LogP contribution in [0.2, 0.25) is 0 Å². The third kappa shape index (κ3) is 3.83. The second-order valence-electron chi connectivity index (χ2n) is 9.63. The van der Waals surface area contributed by atoms with Gasteiger partial charge in [-0.25, -0.2) is 0 Å². The Labute approximate surface area is 201 Å². The van der Waals surface area contributed by atoms with Crippen molar-refractivity contribution >= 4 is 11.8 Å². The molecule has 3 aliphatic heterocycles. The van der Waals surface area contributed by atoms with Gasteiger partial charge in [-0.2, -0.15) is 0 Å². The van der Waals surface area contributed by atoms with E-state index in [1.165, 1.54) is 0 Å². The molecule has 0 saturated carbocycles. The maximum absolute atomic E-state index is 14.1. The van der Waals surface area contributed by atoms with Crippen LogP contribution in [0, 0.1) is 5.92 Å². The van der Waals surface area contributed by atoms with Crippen LogP contribution < -0.4 is 9.47 Å². The highest BCUT2D eigenvalue weighted by Crippen LogP contribution is 2.49. The number of likely N-dealkylation sites (tertiary alicyclic amines) is 1. The van der Waals surface area contributed by atoms with Crippen LogP contribution in [0.5, 0.6) is 11.5 Å². The molecule has 2 aromatic carbocycles. The van der Waals surface area contributed by atoms with Gasteiger partial charge in [-0.3, -0.25) is 9.59 Å². The van der Waals surface area contributed by atoms with Gasteiger partial charge < -0.3 is 19.3 Å². The molecule has 0 unspecified atom stereocenters. The highest BCUT2D eigenvalue weighted by molar-refractivity contribution is 6.01. The second kappa shape index (κ2) is 9.32. The summed E-state index contributed by atoms with van der Waals surface area (Å²) in [4.78, 5) is 31.6. The molecular weight excluding hydrogens is 428 g/mol. The Bertz CT molecular complexity index is 1090. The Morgan fingerprint density at radius 1 is 0.971 bits per heavy atom.